The number of carbonyl (C=O) groups excluding carboxylic acids is 2. The highest BCUT2D eigenvalue weighted by molar-refractivity contribution is 6.18. The second-order valence-corrected chi connectivity index (χ2v) is 7.12. The van der Waals surface area contributed by atoms with Gasteiger partial charge in [0.25, 0.3) is 0 Å². The molecule has 0 atom stereocenters. The lowest BCUT2D eigenvalue weighted by Gasteiger charge is -2.19. The molecule has 2 N–H and O–H groups in total. The maximum atomic E-state index is 13.6. The molecule has 0 fully saturated rings. The van der Waals surface area contributed by atoms with Gasteiger partial charge in [0, 0.05) is 29.3 Å². The Morgan fingerprint density at radius 2 is 2.03 bits per heavy atom. The molecule has 7 heteroatoms. The fourth-order valence-corrected chi connectivity index (χ4v) is 3.65. The van der Waals surface area contributed by atoms with Gasteiger partial charge in [-0.25, -0.2) is 14.0 Å². The molecule has 4 rings (SSSR count). The first-order valence-corrected chi connectivity index (χ1v) is 9.80. The Bertz CT molecular complexity index is 1170. The number of halogens is 1. The average Bonchev–Trinajstić information content (AvgIpc) is 2.98. The van der Waals surface area contributed by atoms with Crippen molar-refractivity contribution in [1.82, 2.24) is 9.88 Å². The smallest absolute Gasteiger partial charge is 0.341 e. The van der Waals surface area contributed by atoms with E-state index < -0.39 is 17.8 Å². The molecule has 3 aromatic rings. The largest absolute Gasteiger partial charge is 0.462 e. The molecule has 30 heavy (non-hydrogen) atoms. The van der Waals surface area contributed by atoms with Gasteiger partial charge in [0.05, 0.1) is 17.9 Å². The Kier molecular flexibility index (Phi) is 5.27. The van der Waals surface area contributed by atoms with Gasteiger partial charge in [-0.05, 0) is 49.6 Å². The van der Waals surface area contributed by atoms with Gasteiger partial charge in [-0.1, -0.05) is 24.3 Å². The van der Waals surface area contributed by atoms with Crippen molar-refractivity contribution in [2.75, 3.05) is 18.5 Å². The number of nitrogens with one attached hydrogen (secondary N) is 2. The standard InChI is InChI=1S/C23H22FN3O3/c1-3-30-22(28)18-13-27(23(29)26-20-12-15(24)9-8-14(20)2)11-10-17-16-6-4-5-7-19(16)25-21(17)18/h4-9,12-13,25H,3,10-11H2,1-2H3,(H,26,29). The van der Waals surface area contributed by atoms with E-state index >= 15 is 0 Å². The molecule has 6 nitrogen and oxygen atoms in total. The van der Waals surface area contributed by atoms with Crippen molar-refractivity contribution in [3.05, 3.63) is 71.3 Å². The number of H-pyrrole nitrogens is 1. The normalized spacial score (nSPS) is 13.4. The summed E-state index contributed by atoms with van der Waals surface area (Å²) in [6.45, 7) is 4.10. The zero-order chi connectivity index (χ0) is 21.3. The lowest BCUT2D eigenvalue weighted by atomic mass is 10.0. The SMILES string of the molecule is CCOC(=O)C1=CN(C(=O)Nc2cc(F)ccc2C)CCc2c1[nH]c1ccccc21. The van der Waals surface area contributed by atoms with Crippen molar-refractivity contribution in [3.63, 3.8) is 0 Å². The summed E-state index contributed by atoms with van der Waals surface area (Å²) >= 11 is 0. The van der Waals surface area contributed by atoms with Crippen LogP contribution in [0.4, 0.5) is 14.9 Å². The van der Waals surface area contributed by atoms with Crippen molar-refractivity contribution < 1.29 is 18.7 Å². The predicted octanol–water partition coefficient (Wildman–Crippen LogP) is 4.61. The predicted molar refractivity (Wildman–Crippen MR) is 113 cm³/mol. The molecular formula is C23H22FN3O3. The van der Waals surface area contributed by atoms with E-state index in [2.05, 4.69) is 10.3 Å². The van der Waals surface area contributed by atoms with Gasteiger partial charge < -0.3 is 15.0 Å². The highest BCUT2D eigenvalue weighted by Crippen LogP contribution is 2.31. The Morgan fingerprint density at radius 1 is 1.23 bits per heavy atom. The number of hydrogen-bond donors (Lipinski definition) is 2. The number of esters is 1. The highest BCUT2D eigenvalue weighted by Gasteiger charge is 2.27. The number of nitrogens with zero attached hydrogens (tertiary/aromatic N) is 1. The molecule has 0 spiro atoms. The second kappa shape index (κ2) is 8.02. The molecule has 1 aliphatic heterocycles. The Morgan fingerprint density at radius 3 is 2.83 bits per heavy atom. The highest BCUT2D eigenvalue weighted by atomic mass is 19.1. The molecule has 2 aromatic carbocycles. The van der Waals surface area contributed by atoms with Gasteiger partial charge in [0.15, 0.2) is 0 Å². The summed E-state index contributed by atoms with van der Waals surface area (Å²) in [5.74, 6) is -0.942. The van der Waals surface area contributed by atoms with E-state index in [9.17, 15) is 14.0 Å². The van der Waals surface area contributed by atoms with Crippen LogP contribution in [-0.2, 0) is 16.0 Å². The summed E-state index contributed by atoms with van der Waals surface area (Å²) in [4.78, 5) is 30.4. The number of anilines is 1. The Hall–Kier alpha value is -3.61. The van der Waals surface area contributed by atoms with Crippen LogP contribution >= 0.6 is 0 Å². The summed E-state index contributed by atoms with van der Waals surface area (Å²) in [5.41, 5.74) is 3.95. The number of amides is 2. The number of para-hydroxylation sites is 1. The number of aryl methyl sites for hydroxylation is 1. The topological polar surface area (TPSA) is 74.4 Å². The van der Waals surface area contributed by atoms with Crippen LogP contribution in [0.5, 0.6) is 0 Å². The van der Waals surface area contributed by atoms with Crippen LogP contribution in [0.15, 0.2) is 48.7 Å². The zero-order valence-electron chi connectivity index (χ0n) is 16.8. The number of carbonyl (C=O) groups is 2. The number of hydrogen-bond acceptors (Lipinski definition) is 3. The fourth-order valence-electron chi connectivity index (χ4n) is 3.65. The number of benzene rings is 2. The molecule has 0 radical (unpaired) electrons. The Labute approximate surface area is 173 Å². The van der Waals surface area contributed by atoms with Crippen LogP contribution in [0.2, 0.25) is 0 Å². The van der Waals surface area contributed by atoms with Crippen LogP contribution < -0.4 is 5.32 Å². The summed E-state index contributed by atoms with van der Waals surface area (Å²) < 4.78 is 18.8. The molecule has 1 aromatic heterocycles. The first-order valence-electron chi connectivity index (χ1n) is 9.80. The molecule has 2 amide bonds. The van der Waals surface area contributed by atoms with Crippen LogP contribution in [0.1, 0.15) is 23.7 Å². The van der Waals surface area contributed by atoms with E-state index in [1.165, 1.54) is 23.2 Å². The van der Waals surface area contributed by atoms with E-state index in [1.807, 2.05) is 24.3 Å². The number of urea groups is 1. The number of aromatic amines is 1. The van der Waals surface area contributed by atoms with Gasteiger partial charge in [0.2, 0.25) is 0 Å². The summed E-state index contributed by atoms with van der Waals surface area (Å²) in [5, 5.41) is 3.74. The van der Waals surface area contributed by atoms with E-state index in [0.717, 1.165) is 22.0 Å². The molecular weight excluding hydrogens is 385 g/mol. The summed E-state index contributed by atoms with van der Waals surface area (Å²) in [6.07, 6.45) is 2.05. The lowest BCUT2D eigenvalue weighted by molar-refractivity contribution is -0.136. The van der Waals surface area contributed by atoms with Crippen LogP contribution in [-0.4, -0.2) is 35.0 Å². The minimum absolute atomic E-state index is 0.223. The Balaban J connectivity index is 1.71. The molecule has 154 valence electrons. The lowest BCUT2D eigenvalue weighted by Crippen LogP contribution is -2.32. The molecule has 1 aliphatic rings. The minimum Gasteiger partial charge on any atom is -0.462 e. The third-order valence-electron chi connectivity index (χ3n) is 5.17. The molecule has 2 heterocycles. The molecule has 0 unspecified atom stereocenters. The average molecular weight is 407 g/mol. The van der Waals surface area contributed by atoms with Crippen molar-refractivity contribution in [1.29, 1.82) is 0 Å². The molecule has 0 saturated carbocycles. The van der Waals surface area contributed by atoms with Gasteiger partial charge in [-0.15, -0.1) is 0 Å². The van der Waals surface area contributed by atoms with Gasteiger partial charge in [-0.3, -0.25) is 4.90 Å². The fraction of sp³-hybridized carbons (Fsp3) is 0.217. The second-order valence-electron chi connectivity index (χ2n) is 7.12. The van der Waals surface area contributed by atoms with Crippen molar-refractivity contribution in [2.24, 2.45) is 0 Å². The number of fused-ring (bicyclic) bond motifs is 3. The number of aromatic nitrogens is 1. The molecule has 0 bridgehead atoms. The first-order chi connectivity index (χ1) is 14.5. The van der Waals surface area contributed by atoms with E-state index in [0.29, 0.717) is 24.3 Å². The van der Waals surface area contributed by atoms with E-state index in [-0.39, 0.29) is 12.2 Å². The van der Waals surface area contributed by atoms with Crippen LogP contribution in [0.3, 0.4) is 0 Å². The van der Waals surface area contributed by atoms with Crippen LogP contribution in [0.25, 0.3) is 16.5 Å². The zero-order valence-corrected chi connectivity index (χ0v) is 16.8. The third-order valence-corrected chi connectivity index (χ3v) is 5.17. The minimum atomic E-state index is -0.507. The number of rotatable bonds is 3. The molecule has 0 aliphatic carbocycles. The van der Waals surface area contributed by atoms with E-state index in [4.69, 9.17) is 4.74 Å². The van der Waals surface area contributed by atoms with Gasteiger partial charge in [-0.2, -0.15) is 0 Å². The van der Waals surface area contributed by atoms with Gasteiger partial charge in [0.1, 0.15) is 5.82 Å². The monoisotopic (exact) mass is 407 g/mol. The van der Waals surface area contributed by atoms with Crippen LogP contribution in [0, 0.1) is 12.7 Å². The first kappa shape index (κ1) is 19.7. The summed E-state index contributed by atoms with van der Waals surface area (Å²) in [7, 11) is 0. The van der Waals surface area contributed by atoms with E-state index in [1.54, 1.807) is 19.9 Å². The third kappa shape index (κ3) is 3.66. The quantitative estimate of drug-likeness (QED) is 0.623. The van der Waals surface area contributed by atoms with Crippen molar-refractivity contribution in [2.45, 2.75) is 20.3 Å². The van der Waals surface area contributed by atoms with Crippen molar-refractivity contribution in [3.8, 4) is 0 Å². The number of ether oxygens (including phenoxy) is 1. The maximum absolute atomic E-state index is 13.6. The molecule has 0 saturated heterocycles. The van der Waals surface area contributed by atoms with Crippen molar-refractivity contribution >= 4 is 34.2 Å². The van der Waals surface area contributed by atoms with Gasteiger partial charge >= 0.3 is 12.0 Å². The summed E-state index contributed by atoms with van der Waals surface area (Å²) in [6, 6.07) is 11.6. The maximum Gasteiger partial charge on any atom is 0.341 e.